The number of hydrogen-bond donors (Lipinski definition) is 0. The van der Waals surface area contributed by atoms with E-state index < -0.39 is 0 Å². The number of carbonyl (C=O) groups is 1. The van der Waals surface area contributed by atoms with Gasteiger partial charge in [0.15, 0.2) is 0 Å². The SMILES string of the molecule is CCCCN(CCCl)C(=O)c1cc(Br)ccc1I. The fraction of sp³-hybridized carbons (Fsp3) is 0.462. The number of benzene rings is 1. The van der Waals surface area contributed by atoms with E-state index in [2.05, 4.69) is 45.4 Å². The third-order valence-electron chi connectivity index (χ3n) is 2.58. The Hall–Kier alpha value is 0.190. The highest BCUT2D eigenvalue weighted by molar-refractivity contribution is 14.1. The van der Waals surface area contributed by atoms with Gasteiger partial charge in [-0.1, -0.05) is 29.3 Å². The topological polar surface area (TPSA) is 20.3 Å². The van der Waals surface area contributed by atoms with Crippen LogP contribution in [0.4, 0.5) is 0 Å². The van der Waals surface area contributed by atoms with Crippen LogP contribution < -0.4 is 0 Å². The second kappa shape index (κ2) is 8.38. The molecule has 1 amide bonds. The molecule has 1 rings (SSSR count). The monoisotopic (exact) mass is 443 g/mol. The van der Waals surface area contributed by atoms with Gasteiger partial charge in [-0.3, -0.25) is 4.79 Å². The average molecular weight is 445 g/mol. The Kier molecular flexibility index (Phi) is 7.56. The molecule has 0 aliphatic carbocycles. The van der Waals surface area contributed by atoms with Crippen LogP contribution in [0.3, 0.4) is 0 Å². The molecule has 0 N–H and O–H groups in total. The number of rotatable bonds is 6. The number of halogens is 3. The van der Waals surface area contributed by atoms with Gasteiger partial charge in [0, 0.05) is 27.0 Å². The van der Waals surface area contributed by atoms with Crippen LogP contribution in [0.2, 0.25) is 0 Å². The van der Waals surface area contributed by atoms with Crippen LogP contribution >= 0.6 is 50.1 Å². The first-order valence-electron chi connectivity index (χ1n) is 5.90. The first kappa shape index (κ1) is 16.2. The van der Waals surface area contributed by atoms with Crippen molar-refractivity contribution in [3.63, 3.8) is 0 Å². The van der Waals surface area contributed by atoms with Crippen molar-refractivity contribution in [3.05, 3.63) is 31.8 Å². The van der Waals surface area contributed by atoms with Gasteiger partial charge < -0.3 is 4.90 Å². The van der Waals surface area contributed by atoms with E-state index in [4.69, 9.17) is 11.6 Å². The molecule has 0 saturated heterocycles. The zero-order valence-corrected chi connectivity index (χ0v) is 14.8. The molecule has 0 radical (unpaired) electrons. The highest BCUT2D eigenvalue weighted by Gasteiger charge is 2.17. The summed E-state index contributed by atoms with van der Waals surface area (Å²) in [7, 11) is 0. The van der Waals surface area contributed by atoms with Crippen molar-refractivity contribution >= 4 is 56.0 Å². The summed E-state index contributed by atoms with van der Waals surface area (Å²) in [6.45, 7) is 3.49. The van der Waals surface area contributed by atoms with Gasteiger partial charge in [0.25, 0.3) is 5.91 Å². The lowest BCUT2D eigenvalue weighted by atomic mass is 10.2. The van der Waals surface area contributed by atoms with Crippen LogP contribution in [0, 0.1) is 3.57 Å². The van der Waals surface area contributed by atoms with E-state index in [-0.39, 0.29) is 5.91 Å². The van der Waals surface area contributed by atoms with Gasteiger partial charge in [-0.15, -0.1) is 11.6 Å². The normalized spacial score (nSPS) is 10.4. The molecule has 0 heterocycles. The molecule has 0 atom stereocenters. The molecule has 2 nitrogen and oxygen atoms in total. The maximum atomic E-state index is 12.5. The standard InChI is InChI=1S/C13H16BrClINO/c1-2-3-7-17(8-6-15)13(18)11-9-10(14)4-5-12(11)16/h4-5,9H,2-3,6-8H2,1H3. The highest BCUT2D eigenvalue weighted by atomic mass is 127. The second-order valence-electron chi connectivity index (χ2n) is 3.96. The molecule has 1 aromatic rings. The minimum absolute atomic E-state index is 0.0646. The molecule has 0 fully saturated rings. The highest BCUT2D eigenvalue weighted by Crippen LogP contribution is 2.20. The average Bonchev–Trinajstić information content (AvgIpc) is 2.36. The van der Waals surface area contributed by atoms with Gasteiger partial charge >= 0.3 is 0 Å². The molecular weight excluding hydrogens is 428 g/mol. The minimum Gasteiger partial charge on any atom is -0.337 e. The second-order valence-corrected chi connectivity index (χ2v) is 6.41. The summed E-state index contributed by atoms with van der Waals surface area (Å²) < 4.78 is 1.89. The Balaban J connectivity index is 2.90. The summed E-state index contributed by atoms with van der Waals surface area (Å²) in [6, 6.07) is 5.75. The smallest absolute Gasteiger partial charge is 0.255 e. The van der Waals surface area contributed by atoms with E-state index in [0.717, 1.165) is 33.0 Å². The number of hydrogen-bond acceptors (Lipinski definition) is 1. The number of carbonyl (C=O) groups excluding carboxylic acids is 1. The van der Waals surface area contributed by atoms with Crippen LogP contribution in [0.5, 0.6) is 0 Å². The van der Waals surface area contributed by atoms with E-state index in [1.54, 1.807) is 0 Å². The van der Waals surface area contributed by atoms with Crippen LogP contribution in [-0.2, 0) is 0 Å². The number of alkyl halides is 1. The molecule has 0 unspecified atom stereocenters. The summed E-state index contributed by atoms with van der Waals surface area (Å²) >= 11 is 11.4. The molecule has 0 saturated carbocycles. The summed E-state index contributed by atoms with van der Waals surface area (Å²) in [4.78, 5) is 14.3. The van der Waals surface area contributed by atoms with Crippen molar-refractivity contribution < 1.29 is 4.79 Å². The van der Waals surface area contributed by atoms with Crippen molar-refractivity contribution in [1.29, 1.82) is 0 Å². The number of unbranched alkanes of at least 4 members (excludes halogenated alkanes) is 1. The lowest BCUT2D eigenvalue weighted by Crippen LogP contribution is -2.34. The molecule has 18 heavy (non-hydrogen) atoms. The van der Waals surface area contributed by atoms with Gasteiger partial charge in [0.2, 0.25) is 0 Å². The fourth-order valence-corrected chi connectivity index (χ4v) is 2.73. The van der Waals surface area contributed by atoms with Crippen LogP contribution in [0.15, 0.2) is 22.7 Å². The van der Waals surface area contributed by atoms with Gasteiger partial charge in [-0.25, -0.2) is 0 Å². The summed E-state index contributed by atoms with van der Waals surface area (Å²) in [5, 5.41) is 0. The summed E-state index contributed by atoms with van der Waals surface area (Å²) in [6.07, 6.45) is 2.08. The van der Waals surface area contributed by atoms with Crippen molar-refractivity contribution in [1.82, 2.24) is 4.90 Å². The van der Waals surface area contributed by atoms with Gasteiger partial charge in [-0.2, -0.15) is 0 Å². The molecule has 1 aromatic carbocycles. The Morgan fingerprint density at radius 1 is 1.44 bits per heavy atom. The zero-order chi connectivity index (χ0) is 13.5. The Morgan fingerprint density at radius 3 is 2.78 bits per heavy atom. The van der Waals surface area contributed by atoms with E-state index >= 15 is 0 Å². The Bertz CT molecular complexity index is 414. The van der Waals surface area contributed by atoms with E-state index in [1.165, 1.54) is 0 Å². The minimum atomic E-state index is 0.0646. The third kappa shape index (κ3) is 4.70. The van der Waals surface area contributed by atoms with Crippen LogP contribution in [0.1, 0.15) is 30.1 Å². The van der Waals surface area contributed by atoms with Crippen molar-refractivity contribution in [3.8, 4) is 0 Å². The molecule has 0 aliphatic rings. The first-order valence-corrected chi connectivity index (χ1v) is 8.31. The lowest BCUT2D eigenvalue weighted by Gasteiger charge is -2.22. The molecule has 0 aliphatic heterocycles. The fourth-order valence-electron chi connectivity index (χ4n) is 1.60. The maximum absolute atomic E-state index is 12.5. The zero-order valence-electron chi connectivity index (χ0n) is 10.3. The molecule has 100 valence electrons. The molecule has 0 spiro atoms. The molecule has 0 bridgehead atoms. The maximum Gasteiger partial charge on any atom is 0.255 e. The van der Waals surface area contributed by atoms with E-state index in [9.17, 15) is 4.79 Å². The number of nitrogens with zero attached hydrogens (tertiary/aromatic N) is 1. The first-order chi connectivity index (χ1) is 8.60. The van der Waals surface area contributed by atoms with Crippen molar-refractivity contribution in [2.75, 3.05) is 19.0 Å². The van der Waals surface area contributed by atoms with Crippen molar-refractivity contribution in [2.24, 2.45) is 0 Å². The van der Waals surface area contributed by atoms with Crippen LogP contribution in [-0.4, -0.2) is 29.8 Å². The van der Waals surface area contributed by atoms with Gasteiger partial charge in [-0.05, 0) is 47.2 Å². The van der Waals surface area contributed by atoms with Crippen molar-refractivity contribution in [2.45, 2.75) is 19.8 Å². The number of amides is 1. The predicted molar refractivity (Wildman–Crippen MR) is 88.4 cm³/mol. The lowest BCUT2D eigenvalue weighted by molar-refractivity contribution is 0.0762. The third-order valence-corrected chi connectivity index (χ3v) is 4.19. The Morgan fingerprint density at radius 2 is 2.17 bits per heavy atom. The summed E-state index contributed by atoms with van der Waals surface area (Å²) in [5.74, 6) is 0.537. The summed E-state index contributed by atoms with van der Waals surface area (Å²) in [5.41, 5.74) is 0.742. The van der Waals surface area contributed by atoms with E-state index in [1.807, 2.05) is 23.1 Å². The quantitative estimate of drug-likeness (QED) is 0.466. The largest absolute Gasteiger partial charge is 0.337 e. The Labute approximate surface area is 135 Å². The predicted octanol–water partition coefficient (Wildman–Crippen LogP) is 4.53. The van der Waals surface area contributed by atoms with Crippen LogP contribution in [0.25, 0.3) is 0 Å². The van der Waals surface area contributed by atoms with Gasteiger partial charge in [0.05, 0.1) is 5.56 Å². The van der Waals surface area contributed by atoms with E-state index in [0.29, 0.717) is 12.4 Å². The van der Waals surface area contributed by atoms with Gasteiger partial charge in [0.1, 0.15) is 0 Å². The molecular formula is C13H16BrClINO. The molecule has 0 aromatic heterocycles. The molecule has 5 heteroatoms.